The van der Waals surface area contributed by atoms with Crippen molar-refractivity contribution in [1.82, 2.24) is 4.90 Å². The van der Waals surface area contributed by atoms with Gasteiger partial charge in [0.05, 0.1) is 18.1 Å². The molecule has 1 saturated carbocycles. The smallest absolute Gasteiger partial charge is 0.320 e. The first-order valence-electron chi connectivity index (χ1n) is 7.94. The van der Waals surface area contributed by atoms with Gasteiger partial charge in [-0.2, -0.15) is 0 Å². The number of ether oxygens (including phenoxy) is 1. The van der Waals surface area contributed by atoms with E-state index in [-0.39, 0.29) is 30.4 Å². The Labute approximate surface area is 144 Å². The summed E-state index contributed by atoms with van der Waals surface area (Å²) in [5.74, 6) is -1.02. The molecule has 25 heavy (non-hydrogen) atoms. The van der Waals surface area contributed by atoms with Crippen LogP contribution in [0.25, 0.3) is 0 Å². The van der Waals surface area contributed by atoms with Crippen LogP contribution in [0.1, 0.15) is 26.2 Å². The largest absolute Gasteiger partial charge is 0.496 e. The van der Waals surface area contributed by atoms with E-state index >= 15 is 0 Å². The quantitative estimate of drug-likeness (QED) is 0.514. The van der Waals surface area contributed by atoms with Gasteiger partial charge < -0.3 is 15.2 Å². The van der Waals surface area contributed by atoms with Crippen LogP contribution in [0.4, 0.5) is 11.4 Å². The molecule has 1 atom stereocenters. The van der Waals surface area contributed by atoms with E-state index in [1.54, 1.807) is 11.8 Å². The topological polar surface area (TPSA) is 122 Å². The van der Waals surface area contributed by atoms with Crippen LogP contribution in [-0.4, -0.2) is 52.5 Å². The maximum atomic E-state index is 12.1. The van der Waals surface area contributed by atoms with E-state index in [2.05, 4.69) is 5.32 Å². The van der Waals surface area contributed by atoms with Gasteiger partial charge >= 0.3 is 5.97 Å². The number of carboxylic acid groups (broad SMARTS) is 1. The molecule has 1 aromatic carbocycles. The molecule has 0 bridgehead atoms. The number of carbonyl (C=O) groups is 2. The number of nitrogens with one attached hydrogen (secondary N) is 1. The number of aliphatic carboxylic acids is 1. The number of nitrogens with zero attached hydrogens (tertiary/aromatic N) is 2. The highest BCUT2D eigenvalue weighted by atomic mass is 16.6. The molecule has 1 aromatic rings. The Morgan fingerprint density at radius 1 is 1.48 bits per heavy atom. The third-order valence-corrected chi connectivity index (χ3v) is 4.14. The van der Waals surface area contributed by atoms with Crippen molar-refractivity contribution in [2.24, 2.45) is 0 Å². The van der Waals surface area contributed by atoms with E-state index in [4.69, 9.17) is 9.84 Å². The van der Waals surface area contributed by atoms with Crippen molar-refractivity contribution in [3.63, 3.8) is 0 Å². The van der Waals surface area contributed by atoms with Gasteiger partial charge in [0.15, 0.2) is 0 Å². The third-order valence-electron chi connectivity index (χ3n) is 4.14. The summed E-state index contributed by atoms with van der Waals surface area (Å²) in [6.07, 6.45) is 1.89. The number of methoxy groups -OCH3 is 1. The molecule has 9 nitrogen and oxygen atoms in total. The SMILES string of the molecule is COc1ccc(NC(=O)CCN(C2CC2)C(C)C(=O)O)c([N+](=O)[O-])c1. The van der Waals surface area contributed by atoms with Crippen LogP contribution in [0.3, 0.4) is 0 Å². The number of benzene rings is 1. The summed E-state index contributed by atoms with van der Waals surface area (Å²) in [4.78, 5) is 35.6. The number of nitro groups is 1. The molecule has 0 radical (unpaired) electrons. The Hall–Kier alpha value is -2.68. The Balaban J connectivity index is 2.00. The fourth-order valence-corrected chi connectivity index (χ4v) is 2.58. The number of carbonyl (C=O) groups excluding carboxylic acids is 1. The number of amides is 1. The molecule has 0 saturated heterocycles. The maximum Gasteiger partial charge on any atom is 0.320 e. The monoisotopic (exact) mass is 351 g/mol. The molecule has 136 valence electrons. The third kappa shape index (κ3) is 4.90. The van der Waals surface area contributed by atoms with Crippen molar-refractivity contribution < 1.29 is 24.4 Å². The molecule has 1 unspecified atom stereocenters. The van der Waals surface area contributed by atoms with Crippen molar-refractivity contribution in [1.29, 1.82) is 0 Å². The predicted octanol–water partition coefficient (Wildman–Crippen LogP) is 1.87. The highest BCUT2D eigenvalue weighted by Gasteiger charge is 2.35. The zero-order chi connectivity index (χ0) is 18.6. The van der Waals surface area contributed by atoms with E-state index in [9.17, 15) is 19.7 Å². The van der Waals surface area contributed by atoms with Crippen molar-refractivity contribution >= 4 is 23.3 Å². The standard InChI is InChI=1S/C16H21N3O6/c1-10(16(21)22)18(11-3-4-11)8-7-15(20)17-13-6-5-12(25-2)9-14(13)19(23)24/h5-6,9-11H,3-4,7-8H2,1-2H3,(H,17,20)(H,21,22). The second-order valence-electron chi connectivity index (χ2n) is 5.92. The van der Waals surface area contributed by atoms with Crippen molar-refractivity contribution in [2.75, 3.05) is 19.0 Å². The van der Waals surface area contributed by atoms with Gasteiger partial charge in [-0.3, -0.25) is 24.6 Å². The molecule has 0 heterocycles. The van der Waals surface area contributed by atoms with Gasteiger partial charge in [0.25, 0.3) is 5.69 Å². The number of carboxylic acids is 1. The Morgan fingerprint density at radius 2 is 2.16 bits per heavy atom. The maximum absolute atomic E-state index is 12.1. The minimum absolute atomic E-state index is 0.0529. The number of hydrogen-bond donors (Lipinski definition) is 2. The summed E-state index contributed by atoms with van der Waals surface area (Å²) in [5.41, 5.74) is -0.175. The molecule has 1 aliphatic rings. The summed E-state index contributed by atoms with van der Waals surface area (Å²) < 4.78 is 4.95. The van der Waals surface area contributed by atoms with Gasteiger partial charge in [-0.15, -0.1) is 0 Å². The van der Waals surface area contributed by atoms with Gasteiger partial charge in [0, 0.05) is 19.0 Å². The first-order valence-corrected chi connectivity index (χ1v) is 7.94. The molecule has 1 amide bonds. The molecule has 2 rings (SSSR count). The molecule has 0 aliphatic heterocycles. The van der Waals surface area contributed by atoms with Crippen LogP contribution in [0.15, 0.2) is 18.2 Å². The fraction of sp³-hybridized carbons (Fsp3) is 0.500. The zero-order valence-corrected chi connectivity index (χ0v) is 14.1. The second-order valence-corrected chi connectivity index (χ2v) is 5.92. The van der Waals surface area contributed by atoms with Gasteiger partial charge in [-0.25, -0.2) is 0 Å². The van der Waals surface area contributed by atoms with Crippen LogP contribution < -0.4 is 10.1 Å². The molecule has 2 N–H and O–H groups in total. The Kier molecular flexibility index (Phi) is 5.92. The lowest BCUT2D eigenvalue weighted by Gasteiger charge is -2.25. The van der Waals surface area contributed by atoms with E-state index in [1.165, 1.54) is 25.3 Å². The van der Waals surface area contributed by atoms with E-state index < -0.39 is 22.8 Å². The van der Waals surface area contributed by atoms with Gasteiger partial charge in [0.1, 0.15) is 17.5 Å². The highest BCUT2D eigenvalue weighted by Crippen LogP contribution is 2.30. The minimum atomic E-state index is -0.932. The van der Waals surface area contributed by atoms with Gasteiger partial charge in [-0.1, -0.05) is 0 Å². The van der Waals surface area contributed by atoms with E-state index in [0.29, 0.717) is 5.75 Å². The fourth-order valence-electron chi connectivity index (χ4n) is 2.58. The van der Waals surface area contributed by atoms with Gasteiger partial charge in [0.2, 0.25) is 5.91 Å². The molecule has 0 spiro atoms. The number of rotatable bonds is 9. The van der Waals surface area contributed by atoms with Crippen LogP contribution in [0.5, 0.6) is 5.75 Å². The summed E-state index contributed by atoms with van der Waals surface area (Å²) in [7, 11) is 1.40. The Morgan fingerprint density at radius 3 is 2.68 bits per heavy atom. The summed E-state index contributed by atoms with van der Waals surface area (Å²) in [6.45, 7) is 1.88. The lowest BCUT2D eigenvalue weighted by molar-refractivity contribution is -0.384. The predicted molar refractivity (Wildman–Crippen MR) is 89.7 cm³/mol. The van der Waals surface area contributed by atoms with Crippen LogP contribution in [0.2, 0.25) is 0 Å². The molecule has 1 fully saturated rings. The summed E-state index contributed by atoms with van der Waals surface area (Å²) in [5, 5.41) is 22.8. The summed E-state index contributed by atoms with van der Waals surface area (Å²) >= 11 is 0. The van der Waals surface area contributed by atoms with Crippen LogP contribution in [-0.2, 0) is 9.59 Å². The van der Waals surface area contributed by atoms with E-state index in [1.807, 2.05) is 0 Å². The average molecular weight is 351 g/mol. The molecule has 9 heteroatoms. The lowest BCUT2D eigenvalue weighted by Crippen LogP contribution is -2.42. The van der Waals surface area contributed by atoms with Crippen LogP contribution >= 0.6 is 0 Å². The number of hydrogen-bond acceptors (Lipinski definition) is 6. The van der Waals surface area contributed by atoms with Crippen molar-refractivity contribution in [2.45, 2.75) is 38.3 Å². The molecular weight excluding hydrogens is 330 g/mol. The zero-order valence-electron chi connectivity index (χ0n) is 14.1. The molecule has 0 aromatic heterocycles. The minimum Gasteiger partial charge on any atom is -0.496 e. The number of anilines is 1. The summed E-state index contributed by atoms with van der Waals surface area (Å²) in [6, 6.07) is 3.68. The number of nitro benzene ring substituents is 1. The first kappa shape index (κ1) is 18.7. The average Bonchev–Trinajstić information content (AvgIpc) is 3.39. The first-order chi connectivity index (χ1) is 11.8. The normalized spacial score (nSPS) is 14.8. The molecule has 1 aliphatic carbocycles. The van der Waals surface area contributed by atoms with Gasteiger partial charge in [-0.05, 0) is 31.9 Å². The second kappa shape index (κ2) is 7.93. The van der Waals surface area contributed by atoms with Crippen molar-refractivity contribution in [3.8, 4) is 5.75 Å². The van der Waals surface area contributed by atoms with Crippen LogP contribution in [0, 0.1) is 10.1 Å². The molecular formula is C16H21N3O6. The lowest BCUT2D eigenvalue weighted by atomic mass is 10.2. The Bertz CT molecular complexity index is 674. The van der Waals surface area contributed by atoms with E-state index in [0.717, 1.165) is 12.8 Å². The highest BCUT2D eigenvalue weighted by molar-refractivity contribution is 5.93. The van der Waals surface area contributed by atoms with Crippen molar-refractivity contribution in [3.05, 3.63) is 28.3 Å².